The third-order valence-electron chi connectivity index (χ3n) is 3.08. The first-order chi connectivity index (χ1) is 9.97. The average molecular weight is 293 g/mol. The van der Waals surface area contributed by atoms with Gasteiger partial charge < -0.3 is 24.7 Å². The fourth-order valence-electron chi connectivity index (χ4n) is 2.24. The van der Waals surface area contributed by atoms with Crippen LogP contribution in [-0.2, 0) is 11.2 Å². The van der Waals surface area contributed by atoms with Crippen LogP contribution in [0, 0.1) is 0 Å². The highest BCUT2D eigenvalue weighted by atomic mass is 16.5. The number of hydrogen-bond acceptors (Lipinski definition) is 5. The quantitative estimate of drug-likeness (QED) is 0.733. The number of aromatic hydroxyl groups is 1. The highest BCUT2D eigenvalue weighted by molar-refractivity contribution is 5.99. The molecule has 0 atom stereocenters. The first-order valence-electron chi connectivity index (χ1n) is 6.71. The van der Waals surface area contributed by atoms with Crippen molar-refractivity contribution in [1.82, 2.24) is 4.98 Å². The fourth-order valence-corrected chi connectivity index (χ4v) is 2.24. The summed E-state index contributed by atoms with van der Waals surface area (Å²) < 4.78 is 10.3. The maximum Gasteiger partial charge on any atom is 0.355 e. The van der Waals surface area contributed by atoms with Crippen LogP contribution in [0.4, 0.5) is 0 Å². The molecule has 1 aromatic heterocycles. The minimum absolute atomic E-state index is 0.0425. The monoisotopic (exact) mass is 293 g/mol. The number of phenolic OH excluding ortho intramolecular Hbond substituents is 1. The number of carbonyl (C=O) groups is 1. The Bertz CT molecular complexity index is 660. The largest absolute Gasteiger partial charge is 0.504 e. The summed E-state index contributed by atoms with van der Waals surface area (Å²) in [5, 5.41) is 19.8. The van der Waals surface area contributed by atoms with E-state index < -0.39 is 5.97 Å². The minimum Gasteiger partial charge on any atom is -0.504 e. The van der Waals surface area contributed by atoms with Crippen molar-refractivity contribution < 1.29 is 24.5 Å². The number of ether oxygens (including phenoxy) is 2. The third kappa shape index (κ3) is 2.95. The first-order valence-corrected chi connectivity index (χ1v) is 6.71. The van der Waals surface area contributed by atoms with Crippen LogP contribution in [0.25, 0.3) is 10.9 Å². The van der Waals surface area contributed by atoms with Crippen molar-refractivity contribution in [1.29, 1.82) is 0 Å². The maximum atomic E-state index is 12.0. The predicted octanol–water partition coefficient (Wildman–Crippen LogP) is 1.98. The van der Waals surface area contributed by atoms with Crippen LogP contribution in [0.3, 0.4) is 0 Å². The van der Waals surface area contributed by atoms with E-state index in [9.17, 15) is 9.90 Å². The van der Waals surface area contributed by atoms with E-state index in [1.165, 1.54) is 13.2 Å². The molecule has 21 heavy (non-hydrogen) atoms. The number of fused-ring (bicyclic) bond motifs is 1. The number of benzene rings is 1. The van der Waals surface area contributed by atoms with E-state index >= 15 is 0 Å². The molecule has 0 aliphatic rings. The van der Waals surface area contributed by atoms with Crippen LogP contribution < -0.4 is 4.74 Å². The van der Waals surface area contributed by atoms with Crippen LogP contribution in [0.1, 0.15) is 29.9 Å². The van der Waals surface area contributed by atoms with E-state index in [1.807, 2.05) is 0 Å². The van der Waals surface area contributed by atoms with Crippen molar-refractivity contribution in [2.24, 2.45) is 0 Å². The smallest absolute Gasteiger partial charge is 0.355 e. The molecule has 0 radical (unpaired) electrons. The zero-order valence-corrected chi connectivity index (χ0v) is 12.3. The standard InChI is InChI=1S/C15H19NO5/c1-8(2)21-15(19)11-7-10-9(4-5-17)6-12(18)14(20-3)13(10)16-11/h6-8,16-18H,4-5H2,1-3H3. The molecule has 0 amide bonds. The van der Waals surface area contributed by atoms with Gasteiger partial charge in [0, 0.05) is 12.0 Å². The lowest BCUT2D eigenvalue weighted by atomic mass is 10.1. The molecule has 6 heteroatoms. The number of carbonyl (C=O) groups excluding carboxylic acids is 1. The molecule has 0 saturated carbocycles. The van der Waals surface area contributed by atoms with Gasteiger partial charge in [0.25, 0.3) is 0 Å². The number of aromatic amines is 1. The lowest BCUT2D eigenvalue weighted by molar-refractivity contribution is 0.0372. The SMILES string of the molecule is COc1c(O)cc(CCO)c2cc(C(=O)OC(C)C)[nH]c12. The van der Waals surface area contributed by atoms with E-state index in [4.69, 9.17) is 14.6 Å². The molecule has 1 heterocycles. The van der Waals surface area contributed by atoms with Gasteiger partial charge in [-0.05, 0) is 38.0 Å². The zero-order chi connectivity index (χ0) is 15.6. The number of aliphatic hydroxyl groups excluding tert-OH is 1. The minimum atomic E-state index is -0.474. The van der Waals surface area contributed by atoms with Crippen LogP contribution in [-0.4, -0.2) is 41.0 Å². The Labute approximate surface area is 122 Å². The summed E-state index contributed by atoms with van der Waals surface area (Å²) in [4.78, 5) is 14.9. The van der Waals surface area contributed by atoms with Crippen LogP contribution >= 0.6 is 0 Å². The van der Waals surface area contributed by atoms with E-state index in [2.05, 4.69) is 4.98 Å². The van der Waals surface area contributed by atoms with Crippen LogP contribution in [0.15, 0.2) is 12.1 Å². The van der Waals surface area contributed by atoms with Gasteiger partial charge in [0.15, 0.2) is 11.5 Å². The Morgan fingerprint density at radius 1 is 1.38 bits per heavy atom. The molecule has 3 N–H and O–H groups in total. The third-order valence-corrected chi connectivity index (χ3v) is 3.08. The molecule has 0 aliphatic carbocycles. The molecule has 0 bridgehead atoms. The Morgan fingerprint density at radius 3 is 2.67 bits per heavy atom. The summed E-state index contributed by atoms with van der Waals surface area (Å²) in [6.45, 7) is 3.48. The molecule has 0 spiro atoms. The Hall–Kier alpha value is -2.21. The van der Waals surface area contributed by atoms with Gasteiger partial charge in [-0.25, -0.2) is 4.79 Å². The molecule has 0 fully saturated rings. The van der Waals surface area contributed by atoms with Gasteiger partial charge in [0.05, 0.1) is 18.7 Å². The van der Waals surface area contributed by atoms with Crippen molar-refractivity contribution in [3.8, 4) is 11.5 Å². The first kappa shape index (κ1) is 15.2. The Morgan fingerprint density at radius 2 is 2.10 bits per heavy atom. The van der Waals surface area contributed by atoms with Gasteiger partial charge in [-0.3, -0.25) is 0 Å². The Kier molecular flexibility index (Phi) is 4.37. The van der Waals surface area contributed by atoms with Crippen molar-refractivity contribution in [3.05, 3.63) is 23.4 Å². The van der Waals surface area contributed by atoms with Crippen LogP contribution in [0.5, 0.6) is 11.5 Å². The molecule has 6 nitrogen and oxygen atoms in total. The lowest BCUT2D eigenvalue weighted by Gasteiger charge is -2.08. The zero-order valence-electron chi connectivity index (χ0n) is 12.3. The Balaban J connectivity index is 2.58. The molecule has 114 valence electrons. The second-order valence-corrected chi connectivity index (χ2v) is 4.99. The van der Waals surface area contributed by atoms with E-state index in [1.54, 1.807) is 19.9 Å². The highest BCUT2D eigenvalue weighted by Gasteiger charge is 2.19. The van der Waals surface area contributed by atoms with Gasteiger partial charge in [-0.15, -0.1) is 0 Å². The number of phenols is 1. The average Bonchev–Trinajstić information content (AvgIpc) is 2.83. The molecular weight excluding hydrogens is 274 g/mol. The molecule has 0 aliphatic heterocycles. The molecule has 1 aromatic carbocycles. The highest BCUT2D eigenvalue weighted by Crippen LogP contribution is 2.37. The molecule has 2 aromatic rings. The van der Waals surface area contributed by atoms with Gasteiger partial charge in [0.1, 0.15) is 5.69 Å². The van der Waals surface area contributed by atoms with Crippen molar-refractivity contribution in [2.45, 2.75) is 26.4 Å². The lowest BCUT2D eigenvalue weighted by Crippen LogP contribution is -2.11. The number of rotatable bonds is 5. The van der Waals surface area contributed by atoms with Gasteiger partial charge in [0.2, 0.25) is 0 Å². The number of aliphatic hydroxyl groups is 1. The molecule has 2 rings (SSSR count). The van der Waals surface area contributed by atoms with Crippen molar-refractivity contribution >= 4 is 16.9 Å². The molecule has 0 saturated heterocycles. The number of aromatic nitrogens is 1. The molecular formula is C15H19NO5. The van der Waals surface area contributed by atoms with Gasteiger partial charge in [-0.2, -0.15) is 0 Å². The van der Waals surface area contributed by atoms with Gasteiger partial charge >= 0.3 is 5.97 Å². The summed E-state index contributed by atoms with van der Waals surface area (Å²) >= 11 is 0. The van der Waals surface area contributed by atoms with E-state index in [0.29, 0.717) is 11.9 Å². The fraction of sp³-hybridized carbons (Fsp3) is 0.400. The summed E-state index contributed by atoms with van der Waals surface area (Å²) in [6, 6.07) is 3.18. The van der Waals surface area contributed by atoms with Crippen LogP contribution in [0.2, 0.25) is 0 Å². The topological polar surface area (TPSA) is 91.8 Å². The second-order valence-electron chi connectivity index (χ2n) is 4.99. The summed E-state index contributed by atoms with van der Waals surface area (Å²) in [6.07, 6.45) is 0.140. The summed E-state index contributed by atoms with van der Waals surface area (Å²) in [5.74, 6) is -0.257. The number of hydrogen-bond donors (Lipinski definition) is 3. The van der Waals surface area contributed by atoms with Crippen molar-refractivity contribution in [2.75, 3.05) is 13.7 Å². The number of esters is 1. The maximum absolute atomic E-state index is 12.0. The second kappa shape index (κ2) is 6.05. The van der Waals surface area contributed by atoms with Crippen molar-refractivity contribution in [3.63, 3.8) is 0 Å². The summed E-state index contributed by atoms with van der Waals surface area (Å²) in [7, 11) is 1.44. The van der Waals surface area contributed by atoms with E-state index in [0.717, 1.165) is 10.9 Å². The normalized spacial score (nSPS) is 11.1. The van der Waals surface area contributed by atoms with Gasteiger partial charge in [-0.1, -0.05) is 0 Å². The number of H-pyrrole nitrogens is 1. The van der Waals surface area contributed by atoms with E-state index in [-0.39, 0.29) is 29.9 Å². The predicted molar refractivity (Wildman–Crippen MR) is 77.9 cm³/mol. The number of nitrogens with one attached hydrogen (secondary N) is 1. The summed E-state index contributed by atoms with van der Waals surface area (Å²) in [5.41, 5.74) is 1.52. The molecule has 0 unspecified atom stereocenters. The number of methoxy groups -OCH3 is 1.